The number of rotatable bonds is 4. The van der Waals surface area contributed by atoms with Crippen molar-refractivity contribution in [3.05, 3.63) is 11.1 Å². The van der Waals surface area contributed by atoms with Crippen molar-refractivity contribution in [2.75, 3.05) is 18.0 Å². The third-order valence-electron chi connectivity index (χ3n) is 3.53. The van der Waals surface area contributed by atoms with Crippen LogP contribution in [0.25, 0.3) is 0 Å². The molecule has 2 heterocycles. The van der Waals surface area contributed by atoms with Gasteiger partial charge in [-0.1, -0.05) is 0 Å². The maximum atomic E-state index is 5.94. The number of ether oxygens (including phenoxy) is 1. The molecule has 1 saturated carbocycles. The van der Waals surface area contributed by atoms with E-state index in [1.54, 1.807) is 11.3 Å². The summed E-state index contributed by atoms with van der Waals surface area (Å²) in [6.07, 6.45) is 2.92. The van der Waals surface area contributed by atoms with Gasteiger partial charge in [-0.2, -0.15) is 0 Å². The van der Waals surface area contributed by atoms with Crippen molar-refractivity contribution >= 4 is 16.5 Å². The Kier molecular flexibility index (Phi) is 3.53. The van der Waals surface area contributed by atoms with Crippen LogP contribution in [0.2, 0.25) is 0 Å². The summed E-state index contributed by atoms with van der Waals surface area (Å²) in [6.45, 7) is 9.20. The summed E-state index contributed by atoms with van der Waals surface area (Å²) in [6, 6.07) is 0.743. The average Bonchev–Trinajstić information content (AvgIpc) is 3.01. The molecule has 0 amide bonds. The molecule has 4 nitrogen and oxygen atoms in total. The first kappa shape index (κ1) is 13.3. The summed E-state index contributed by atoms with van der Waals surface area (Å²) < 4.78 is 5.94. The van der Waals surface area contributed by atoms with E-state index in [0.29, 0.717) is 0 Å². The fourth-order valence-electron chi connectivity index (χ4n) is 2.66. The van der Waals surface area contributed by atoms with E-state index >= 15 is 0 Å². The molecule has 2 aliphatic rings. The minimum atomic E-state index is -0.0875. The smallest absolute Gasteiger partial charge is 0.185 e. The molecule has 3 rings (SSSR count). The van der Waals surface area contributed by atoms with Crippen molar-refractivity contribution in [1.29, 1.82) is 0 Å². The molecule has 106 valence electrons. The topological polar surface area (TPSA) is 37.4 Å². The van der Waals surface area contributed by atoms with E-state index in [-0.39, 0.29) is 11.7 Å². The zero-order chi connectivity index (χ0) is 13.5. The van der Waals surface area contributed by atoms with Gasteiger partial charge in [0.15, 0.2) is 5.13 Å². The maximum absolute atomic E-state index is 5.94. The molecule has 0 aromatic carbocycles. The van der Waals surface area contributed by atoms with Crippen molar-refractivity contribution in [2.24, 2.45) is 0 Å². The van der Waals surface area contributed by atoms with E-state index in [2.05, 4.69) is 36.4 Å². The Balaban J connectivity index is 1.63. The van der Waals surface area contributed by atoms with Crippen LogP contribution in [0.15, 0.2) is 5.38 Å². The SMILES string of the molecule is CC1CN(c2nc(CNC3CC3)cs2)CC(C)(C)O1. The zero-order valence-corrected chi connectivity index (χ0v) is 12.8. The van der Waals surface area contributed by atoms with Gasteiger partial charge in [-0.05, 0) is 33.6 Å². The summed E-state index contributed by atoms with van der Waals surface area (Å²) in [5.74, 6) is 0. The van der Waals surface area contributed by atoms with E-state index in [0.717, 1.165) is 30.8 Å². The summed E-state index contributed by atoms with van der Waals surface area (Å²) in [5, 5.41) is 6.83. The van der Waals surface area contributed by atoms with Gasteiger partial charge in [0.25, 0.3) is 0 Å². The standard InChI is InChI=1S/C14H23N3OS/c1-10-7-17(9-14(2,3)18-10)13-16-12(8-19-13)6-15-11-4-5-11/h8,10-11,15H,4-7,9H2,1-3H3. The lowest BCUT2D eigenvalue weighted by molar-refractivity contribution is -0.0749. The van der Waals surface area contributed by atoms with Gasteiger partial charge in [0, 0.05) is 31.1 Å². The molecule has 0 bridgehead atoms. The molecule has 0 spiro atoms. The van der Waals surface area contributed by atoms with Gasteiger partial charge in [-0.3, -0.25) is 0 Å². The van der Waals surface area contributed by atoms with Crippen LogP contribution in [0.3, 0.4) is 0 Å². The normalized spacial score (nSPS) is 26.7. The van der Waals surface area contributed by atoms with Crippen molar-refractivity contribution in [3.63, 3.8) is 0 Å². The number of thiazole rings is 1. The number of morpholine rings is 1. The first-order valence-corrected chi connectivity index (χ1v) is 8.00. The predicted octanol–water partition coefficient (Wildman–Crippen LogP) is 2.40. The first-order valence-electron chi connectivity index (χ1n) is 7.12. The predicted molar refractivity (Wildman–Crippen MR) is 78.8 cm³/mol. The second-order valence-corrected chi connectivity index (χ2v) is 7.18. The molecule has 1 N–H and O–H groups in total. The molecular weight excluding hydrogens is 258 g/mol. The van der Waals surface area contributed by atoms with Crippen LogP contribution in [0.5, 0.6) is 0 Å². The minimum Gasteiger partial charge on any atom is -0.369 e. The number of hydrogen-bond acceptors (Lipinski definition) is 5. The zero-order valence-electron chi connectivity index (χ0n) is 12.0. The Bertz CT molecular complexity index is 442. The number of aromatic nitrogens is 1. The molecule has 0 radical (unpaired) electrons. The highest BCUT2D eigenvalue weighted by molar-refractivity contribution is 7.13. The molecule has 1 aliphatic heterocycles. The van der Waals surface area contributed by atoms with Crippen molar-refractivity contribution in [2.45, 2.75) is 57.9 Å². The van der Waals surface area contributed by atoms with E-state index in [1.807, 2.05) is 0 Å². The largest absolute Gasteiger partial charge is 0.369 e. The van der Waals surface area contributed by atoms with Crippen LogP contribution in [-0.4, -0.2) is 35.8 Å². The Labute approximate surface area is 119 Å². The van der Waals surface area contributed by atoms with Crippen molar-refractivity contribution in [1.82, 2.24) is 10.3 Å². The van der Waals surface area contributed by atoms with Crippen LogP contribution in [0.1, 0.15) is 39.3 Å². The highest BCUT2D eigenvalue weighted by atomic mass is 32.1. The van der Waals surface area contributed by atoms with Crippen LogP contribution < -0.4 is 10.2 Å². The average molecular weight is 281 g/mol. The van der Waals surface area contributed by atoms with Gasteiger partial charge in [0.1, 0.15) is 0 Å². The molecular formula is C14H23N3OS. The lowest BCUT2D eigenvalue weighted by atomic mass is 10.1. The van der Waals surface area contributed by atoms with Gasteiger partial charge in [-0.25, -0.2) is 4.98 Å². The van der Waals surface area contributed by atoms with Crippen LogP contribution in [0, 0.1) is 0 Å². The third-order valence-corrected chi connectivity index (χ3v) is 4.48. The van der Waals surface area contributed by atoms with E-state index in [9.17, 15) is 0 Å². The highest BCUT2D eigenvalue weighted by Crippen LogP contribution is 2.28. The second kappa shape index (κ2) is 5.04. The number of nitrogens with zero attached hydrogens (tertiary/aromatic N) is 2. The molecule has 1 aromatic rings. The van der Waals surface area contributed by atoms with Crippen molar-refractivity contribution in [3.8, 4) is 0 Å². The van der Waals surface area contributed by atoms with Crippen molar-refractivity contribution < 1.29 is 4.74 Å². The minimum absolute atomic E-state index is 0.0875. The molecule has 1 atom stereocenters. The van der Waals surface area contributed by atoms with Crippen LogP contribution in [0.4, 0.5) is 5.13 Å². The Morgan fingerprint density at radius 2 is 2.32 bits per heavy atom. The number of nitrogens with one attached hydrogen (secondary N) is 1. The second-order valence-electron chi connectivity index (χ2n) is 6.35. The van der Waals surface area contributed by atoms with Gasteiger partial charge in [-0.15, -0.1) is 11.3 Å². The van der Waals surface area contributed by atoms with E-state index in [4.69, 9.17) is 9.72 Å². The van der Waals surface area contributed by atoms with Crippen LogP contribution in [-0.2, 0) is 11.3 Å². The molecule has 1 saturated heterocycles. The molecule has 1 unspecified atom stereocenters. The Hall–Kier alpha value is -0.650. The summed E-state index contributed by atoms with van der Waals surface area (Å²) >= 11 is 1.75. The van der Waals surface area contributed by atoms with E-state index in [1.165, 1.54) is 18.5 Å². The highest BCUT2D eigenvalue weighted by Gasteiger charge is 2.32. The molecule has 2 fully saturated rings. The first-order chi connectivity index (χ1) is 9.02. The summed E-state index contributed by atoms with van der Waals surface area (Å²) in [4.78, 5) is 7.12. The Morgan fingerprint density at radius 3 is 3.00 bits per heavy atom. The van der Waals surface area contributed by atoms with Gasteiger partial charge in [0.2, 0.25) is 0 Å². The summed E-state index contributed by atoms with van der Waals surface area (Å²) in [7, 11) is 0. The van der Waals surface area contributed by atoms with Gasteiger partial charge >= 0.3 is 0 Å². The quantitative estimate of drug-likeness (QED) is 0.919. The fraction of sp³-hybridized carbons (Fsp3) is 0.786. The molecule has 1 aliphatic carbocycles. The number of hydrogen-bond donors (Lipinski definition) is 1. The van der Waals surface area contributed by atoms with E-state index < -0.39 is 0 Å². The number of anilines is 1. The van der Waals surface area contributed by atoms with Gasteiger partial charge in [0.05, 0.1) is 17.4 Å². The van der Waals surface area contributed by atoms with Crippen LogP contribution >= 0.6 is 11.3 Å². The fourth-order valence-corrected chi connectivity index (χ4v) is 3.49. The molecule has 5 heteroatoms. The monoisotopic (exact) mass is 281 g/mol. The third kappa shape index (κ3) is 3.46. The summed E-state index contributed by atoms with van der Waals surface area (Å²) in [5.41, 5.74) is 1.08. The maximum Gasteiger partial charge on any atom is 0.185 e. The Morgan fingerprint density at radius 1 is 1.53 bits per heavy atom. The lowest BCUT2D eigenvalue weighted by Gasteiger charge is -2.41. The van der Waals surface area contributed by atoms with Gasteiger partial charge < -0.3 is 15.0 Å². The molecule has 1 aromatic heterocycles. The molecule has 19 heavy (non-hydrogen) atoms. The lowest BCUT2D eigenvalue weighted by Crippen LogP contribution is -2.52.